The van der Waals surface area contributed by atoms with Gasteiger partial charge in [0.25, 0.3) is 0 Å². The van der Waals surface area contributed by atoms with Crippen molar-refractivity contribution in [1.29, 1.82) is 0 Å². The topological polar surface area (TPSA) is 93.2 Å². The molecule has 0 spiro atoms. The van der Waals surface area contributed by atoms with E-state index < -0.39 is 6.61 Å². The van der Waals surface area contributed by atoms with Crippen LogP contribution in [0.25, 0.3) is 0 Å². The highest BCUT2D eigenvalue weighted by molar-refractivity contribution is 14.0. The van der Waals surface area contributed by atoms with Gasteiger partial charge in [0, 0.05) is 43.4 Å². The fraction of sp³-hybridized carbons (Fsp3) is 0.364. The molecule has 0 aromatic heterocycles. The zero-order valence-corrected chi connectivity index (χ0v) is 20.8. The fourth-order valence-electron chi connectivity index (χ4n) is 2.89. The monoisotopic (exact) mass is 576 g/mol. The summed E-state index contributed by atoms with van der Waals surface area (Å²) < 4.78 is 40.7. The van der Waals surface area contributed by atoms with E-state index in [1.54, 1.807) is 13.1 Å². The number of hydrogen-bond donors (Lipinski definition) is 3. The van der Waals surface area contributed by atoms with Crippen molar-refractivity contribution in [2.45, 2.75) is 33.5 Å². The Morgan fingerprint density at radius 2 is 1.73 bits per heavy atom. The molecule has 33 heavy (non-hydrogen) atoms. The SMILES string of the molecule is CN=C(NCc1ccc(NC(=O)C(C)C)cc1)NCc1cc2c(cc1OC(F)F)OCO2.I. The highest BCUT2D eigenvalue weighted by Crippen LogP contribution is 2.38. The highest BCUT2D eigenvalue weighted by atomic mass is 127. The number of rotatable bonds is 8. The maximum absolute atomic E-state index is 12.8. The van der Waals surface area contributed by atoms with E-state index in [-0.39, 0.29) is 54.9 Å². The molecule has 0 unspecified atom stereocenters. The molecule has 0 saturated heterocycles. The standard InChI is InChI=1S/C22H26F2N4O4.HI/c1-13(2)20(29)28-16-6-4-14(5-7-16)10-26-22(25-3)27-11-15-8-18-19(31-12-30-18)9-17(15)32-21(23)24;/h4-9,13,21H,10-12H2,1-3H3,(H,28,29)(H2,25,26,27);1H. The van der Waals surface area contributed by atoms with E-state index >= 15 is 0 Å². The van der Waals surface area contributed by atoms with Crippen LogP contribution in [0, 0.1) is 5.92 Å². The van der Waals surface area contributed by atoms with E-state index in [0.717, 1.165) is 11.3 Å². The summed E-state index contributed by atoms with van der Waals surface area (Å²) in [5.74, 6) is 1.17. The molecule has 3 rings (SSSR count). The van der Waals surface area contributed by atoms with E-state index in [9.17, 15) is 13.6 Å². The molecule has 0 fully saturated rings. The van der Waals surface area contributed by atoms with Gasteiger partial charge in [-0.2, -0.15) is 8.78 Å². The third-order valence-corrected chi connectivity index (χ3v) is 4.65. The zero-order valence-electron chi connectivity index (χ0n) is 18.5. The average Bonchev–Trinajstić information content (AvgIpc) is 3.21. The Labute approximate surface area is 208 Å². The lowest BCUT2D eigenvalue weighted by Gasteiger charge is -2.15. The van der Waals surface area contributed by atoms with E-state index in [1.807, 2.05) is 38.1 Å². The van der Waals surface area contributed by atoms with E-state index in [1.165, 1.54) is 6.07 Å². The fourth-order valence-corrected chi connectivity index (χ4v) is 2.89. The number of guanidine groups is 1. The minimum atomic E-state index is -2.96. The van der Waals surface area contributed by atoms with Crippen molar-refractivity contribution in [1.82, 2.24) is 10.6 Å². The van der Waals surface area contributed by atoms with Crippen molar-refractivity contribution in [2.75, 3.05) is 19.2 Å². The molecule has 3 N–H and O–H groups in total. The second-order valence-corrected chi connectivity index (χ2v) is 7.31. The Morgan fingerprint density at radius 1 is 1.09 bits per heavy atom. The van der Waals surface area contributed by atoms with Crippen LogP contribution >= 0.6 is 24.0 Å². The van der Waals surface area contributed by atoms with Gasteiger partial charge in [-0.15, -0.1) is 24.0 Å². The molecule has 0 bridgehead atoms. The first-order valence-electron chi connectivity index (χ1n) is 10.1. The first-order chi connectivity index (χ1) is 15.4. The molecule has 8 nitrogen and oxygen atoms in total. The first-order valence-corrected chi connectivity index (χ1v) is 10.1. The number of carbonyl (C=O) groups excluding carboxylic acids is 1. The van der Waals surface area contributed by atoms with Gasteiger partial charge < -0.3 is 30.2 Å². The van der Waals surface area contributed by atoms with Crippen LogP contribution in [0.5, 0.6) is 17.2 Å². The maximum atomic E-state index is 12.8. The van der Waals surface area contributed by atoms with Gasteiger partial charge >= 0.3 is 6.61 Å². The van der Waals surface area contributed by atoms with Crippen LogP contribution in [0.1, 0.15) is 25.0 Å². The molecule has 2 aromatic carbocycles. The number of carbonyl (C=O) groups is 1. The Bertz CT molecular complexity index is 972. The number of hydrogen-bond acceptors (Lipinski definition) is 5. The van der Waals surface area contributed by atoms with Gasteiger partial charge in [-0.1, -0.05) is 26.0 Å². The Hall–Kier alpha value is -2.83. The lowest BCUT2D eigenvalue weighted by molar-refractivity contribution is -0.118. The zero-order chi connectivity index (χ0) is 23.1. The van der Waals surface area contributed by atoms with Crippen molar-refractivity contribution >= 4 is 41.5 Å². The number of benzene rings is 2. The van der Waals surface area contributed by atoms with Crippen LogP contribution in [0.2, 0.25) is 0 Å². The lowest BCUT2D eigenvalue weighted by atomic mass is 10.1. The van der Waals surface area contributed by atoms with Gasteiger partial charge in [0.15, 0.2) is 17.5 Å². The molecule has 180 valence electrons. The van der Waals surface area contributed by atoms with Gasteiger partial charge in [0.05, 0.1) is 0 Å². The summed E-state index contributed by atoms with van der Waals surface area (Å²) in [4.78, 5) is 15.9. The third kappa shape index (κ3) is 7.62. The molecule has 1 amide bonds. The van der Waals surface area contributed by atoms with Crippen LogP contribution in [-0.4, -0.2) is 32.3 Å². The number of anilines is 1. The van der Waals surface area contributed by atoms with Crippen molar-refractivity contribution in [2.24, 2.45) is 10.9 Å². The molecule has 11 heteroatoms. The predicted molar refractivity (Wildman–Crippen MR) is 132 cm³/mol. The summed E-state index contributed by atoms with van der Waals surface area (Å²) in [6.45, 7) is 1.39. The number of aliphatic imine (C=N–C) groups is 1. The summed E-state index contributed by atoms with van der Waals surface area (Å²) in [5, 5.41) is 9.06. The van der Waals surface area contributed by atoms with Crippen LogP contribution in [0.4, 0.5) is 14.5 Å². The number of nitrogens with one attached hydrogen (secondary N) is 3. The van der Waals surface area contributed by atoms with Gasteiger partial charge in [-0.25, -0.2) is 0 Å². The normalized spacial score (nSPS) is 12.4. The summed E-state index contributed by atoms with van der Waals surface area (Å²) in [5.41, 5.74) is 2.17. The van der Waals surface area contributed by atoms with E-state index in [4.69, 9.17) is 9.47 Å². The number of fused-ring (bicyclic) bond motifs is 1. The molecular weight excluding hydrogens is 549 g/mol. The van der Waals surface area contributed by atoms with Crippen molar-refractivity contribution in [3.63, 3.8) is 0 Å². The first kappa shape index (κ1) is 26.4. The van der Waals surface area contributed by atoms with Crippen molar-refractivity contribution in [3.05, 3.63) is 47.5 Å². The summed E-state index contributed by atoms with van der Waals surface area (Å²) in [6, 6.07) is 10.4. The largest absolute Gasteiger partial charge is 0.454 e. The summed E-state index contributed by atoms with van der Waals surface area (Å²) >= 11 is 0. The van der Waals surface area contributed by atoms with Crippen molar-refractivity contribution < 1.29 is 27.8 Å². The van der Waals surface area contributed by atoms with Gasteiger partial charge in [-0.05, 0) is 23.8 Å². The molecule has 0 radical (unpaired) electrons. The smallest absolute Gasteiger partial charge is 0.387 e. The highest BCUT2D eigenvalue weighted by Gasteiger charge is 2.20. The molecule has 0 atom stereocenters. The molecule has 2 aromatic rings. The number of halogens is 3. The van der Waals surface area contributed by atoms with Crippen LogP contribution in [-0.2, 0) is 17.9 Å². The number of alkyl halides is 2. The molecule has 0 aliphatic carbocycles. The maximum Gasteiger partial charge on any atom is 0.387 e. The number of amides is 1. The molecule has 1 heterocycles. The molecule has 1 aliphatic heterocycles. The second-order valence-electron chi connectivity index (χ2n) is 7.31. The summed E-state index contributed by atoms with van der Waals surface area (Å²) in [6.07, 6.45) is 0. The molecule has 1 aliphatic rings. The average molecular weight is 576 g/mol. The number of ether oxygens (including phenoxy) is 3. The van der Waals surface area contributed by atoms with Crippen LogP contribution in [0.3, 0.4) is 0 Å². The van der Waals surface area contributed by atoms with E-state index in [2.05, 4.69) is 25.7 Å². The third-order valence-electron chi connectivity index (χ3n) is 4.65. The number of nitrogens with zero attached hydrogens (tertiary/aromatic N) is 1. The Balaban J connectivity index is 0.00000385. The lowest BCUT2D eigenvalue weighted by Crippen LogP contribution is -2.36. The predicted octanol–water partition coefficient (Wildman–Crippen LogP) is 4.09. The molecule has 0 saturated carbocycles. The quantitative estimate of drug-likeness (QED) is 0.249. The van der Waals surface area contributed by atoms with E-state index in [0.29, 0.717) is 29.6 Å². The molecular formula is C22H27F2IN4O4. The van der Waals surface area contributed by atoms with Gasteiger partial charge in [0.2, 0.25) is 12.7 Å². The van der Waals surface area contributed by atoms with Crippen molar-refractivity contribution in [3.8, 4) is 17.2 Å². The Morgan fingerprint density at radius 3 is 2.33 bits per heavy atom. The van der Waals surface area contributed by atoms with Gasteiger partial charge in [-0.3, -0.25) is 9.79 Å². The van der Waals surface area contributed by atoms with Crippen LogP contribution < -0.4 is 30.2 Å². The minimum Gasteiger partial charge on any atom is -0.454 e. The second kappa shape index (κ2) is 12.4. The van der Waals surface area contributed by atoms with Gasteiger partial charge in [0.1, 0.15) is 5.75 Å². The van der Waals surface area contributed by atoms with Crippen LogP contribution in [0.15, 0.2) is 41.4 Å². The minimum absolute atomic E-state index is 0. The Kier molecular flexibility index (Phi) is 9.95. The summed E-state index contributed by atoms with van der Waals surface area (Å²) in [7, 11) is 1.61.